The third-order valence-electron chi connectivity index (χ3n) is 2.20. The lowest BCUT2D eigenvalue weighted by molar-refractivity contribution is 0.0119. The average molecular weight is 285 g/mol. The average Bonchev–Trinajstić information content (AvgIpc) is 2.56. The van der Waals surface area contributed by atoms with Gasteiger partial charge in [-0.2, -0.15) is 0 Å². The van der Waals surface area contributed by atoms with Crippen LogP contribution in [0.2, 0.25) is 0 Å². The molecule has 3 nitrogen and oxygen atoms in total. The first kappa shape index (κ1) is 16.3. The lowest BCUT2D eigenvalue weighted by Crippen LogP contribution is -2.41. The highest BCUT2D eigenvalue weighted by molar-refractivity contribution is 7.14. The van der Waals surface area contributed by atoms with E-state index in [2.05, 4.69) is 5.32 Å². The molecule has 1 heterocycles. The monoisotopic (exact) mass is 284 g/mol. The molecule has 0 atom stereocenters. The first-order chi connectivity index (χ1) is 7.35. The highest BCUT2D eigenvalue weighted by Gasteiger charge is 2.27. The highest BCUT2D eigenvalue weighted by Crippen LogP contribution is 2.20. The van der Waals surface area contributed by atoms with Gasteiger partial charge in [0.25, 0.3) is 11.8 Å². The summed E-state index contributed by atoms with van der Waals surface area (Å²) in [6.45, 7) is 2.26. The fourth-order valence-corrected chi connectivity index (χ4v) is 2.00. The van der Waals surface area contributed by atoms with Gasteiger partial charge in [0.05, 0.1) is 18.0 Å². The second kappa shape index (κ2) is 6.28. The molecule has 0 radical (unpaired) electrons. The molecular weight excluding hydrogens is 270 g/mol. The van der Waals surface area contributed by atoms with E-state index < -0.39 is 24.9 Å². The Balaban J connectivity index is 0.00000256. The number of carbonyl (C=O) groups is 1. The number of nitrogens with two attached hydrogens (primary N) is 1. The summed E-state index contributed by atoms with van der Waals surface area (Å²) in [5, 5.41) is 2.17. The van der Waals surface area contributed by atoms with Crippen LogP contribution < -0.4 is 11.1 Å². The van der Waals surface area contributed by atoms with Crippen LogP contribution in [0.15, 0.2) is 6.07 Å². The number of hydrogen-bond donors (Lipinski definition) is 2. The van der Waals surface area contributed by atoms with Gasteiger partial charge < -0.3 is 11.1 Å². The van der Waals surface area contributed by atoms with E-state index in [1.54, 1.807) is 6.07 Å². The van der Waals surface area contributed by atoms with E-state index in [0.29, 0.717) is 4.88 Å². The van der Waals surface area contributed by atoms with Gasteiger partial charge >= 0.3 is 0 Å². The fourth-order valence-electron chi connectivity index (χ4n) is 1.05. The smallest absolute Gasteiger partial charge is 0.277 e. The van der Waals surface area contributed by atoms with Crippen LogP contribution in [0.4, 0.5) is 8.78 Å². The van der Waals surface area contributed by atoms with Crippen LogP contribution in [0.5, 0.6) is 0 Å². The van der Waals surface area contributed by atoms with Crippen LogP contribution >= 0.6 is 23.7 Å². The topological polar surface area (TPSA) is 55.1 Å². The van der Waals surface area contributed by atoms with Gasteiger partial charge in [0.15, 0.2) is 0 Å². The van der Waals surface area contributed by atoms with Gasteiger partial charge in [0.1, 0.15) is 0 Å². The molecule has 0 bridgehead atoms. The van der Waals surface area contributed by atoms with Gasteiger partial charge in [-0.3, -0.25) is 4.79 Å². The number of aryl methyl sites for hydroxylation is 2. The molecule has 0 fully saturated rings. The third-order valence-corrected chi connectivity index (χ3v) is 3.35. The number of hydrogen-bond acceptors (Lipinski definition) is 3. The van der Waals surface area contributed by atoms with E-state index in [1.165, 1.54) is 11.3 Å². The Morgan fingerprint density at radius 2 is 2.12 bits per heavy atom. The number of alkyl halides is 2. The van der Waals surface area contributed by atoms with E-state index >= 15 is 0 Å². The van der Waals surface area contributed by atoms with Crippen molar-refractivity contribution in [3.8, 4) is 0 Å². The van der Waals surface area contributed by atoms with E-state index in [0.717, 1.165) is 10.4 Å². The predicted octanol–water partition coefficient (Wildman–Crippen LogP) is 2.11. The highest BCUT2D eigenvalue weighted by atomic mass is 35.5. The van der Waals surface area contributed by atoms with E-state index in [9.17, 15) is 13.6 Å². The third kappa shape index (κ3) is 4.57. The summed E-state index contributed by atoms with van der Waals surface area (Å²) < 4.78 is 25.6. The summed E-state index contributed by atoms with van der Waals surface area (Å²) in [7, 11) is 0. The molecule has 1 rings (SSSR count). The van der Waals surface area contributed by atoms with Gasteiger partial charge in [0, 0.05) is 4.88 Å². The van der Waals surface area contributed by atoms with Crippen molar-refractivity contribution in [3.05, 3.63) is 21.4 Å². The van der Waals surface area contributed by atoms with Crippen molar-refractivity contribution in [2.45, 2.75) is 19.8 Å². The summed E-state index contributed by atoms with van der Waals surface area (Å²) in [6.07, 6.45) is 0. The second-order valence-corrected chi connectivity index (χ2v) is 4.85. The predicted molar refractivity (Wildman–Crippen MR) is 67.4 cm³/mol. The molecule has 7 heteroatoms. The van der Waals surface area contributed by atoms with Gasteiger partial charge in [-0.25, -0.2) is 8.78 Å². The Kier molecular flexibility index (Phi) is 6.01. The summed E-state index contributed by atoms with van der Waals surface area (Å²) >= 11 is 1.29. The second-order valence-electron chi connectivity index (χ2n) is 3.59. The van der Waals surface area contributed by atoms with Crippen molar-refractivity contribution in [1.82, 2.24) is 5.32 Å². The summed E-state index contributed by atoms with van der Waals surface area (Å²) in [5.74, 6) is -3.52. The van der Waals surface area contributed by atoms with Crippen molar-refractivity contribution in [2.24, 2.45) is 5.73 Å². The molecule has 0 aliphatic rings. The Morgan fingerprint density at radius 3 is 2.53 bits per heavy atom. The Labute approximate surface area is 109 Å². The van der Waals surface area contributed by atoms with Gasteiger partial charge in [0.2, 0.25) is 0 Å². The van der Waals surface area contributed by atoms with E-state index in [4.69, 9.17) is 5.73 Å². The Bertz CT molecular complexity index is 376. The largest absolute Gasteiger partial charge is 0.345 e. The first-order valence-corrected chi connectivity index (χ1v) is 5.60. The van der Waals surface area contributed by atoms with Crippen LogP contribution in [-0.2, 0) is 0 Å². The molecule has 0 aliphatic heterocycles. The van der Waals surface area contributed by atoms with Gasteiger partial charge in [-0.05, 0) is 25.5 Å². The lowest BCUT2D eigenvalue weighted by Gasteiger charge is -2.13. The first-order valence-electron chi connectivity index (χ1n) is 4.79. The maximum atomic E-state index is 12.8. The molecule has 98 valence electrons. The molecule has 17 heavy (non-hydrogen) atoms. The van der Waals surface area contributed by atoms with E-state index in [-0.39, 0.29) is 12.4 Å². The molecule has 1 amide bonds. The summed E-state index contributed by atoms with van der Waals surface area (Å²) in [5.41, 5.74) is 5.85. The van der Waals surface area contributed by atoms with Gasteiger partial charge in [-0.1, -0.05) is 0 Å². The molecule has 1 aromatic heterocycles. The van der Waals surface area contributed by atoms with Crippen molar-refractivity contribution in [2.75, 3.05) is 13.1 Å². The van der Waals surface area contributed by atoms with E-state index in [1.807, 2.05) is 13.8 Å². The van der Waals surface area contributed by atoms with Crippen LogP contribution in [0.3, 0.4) is 0 Å². The number of carbonyl (C=O) groups excluding carboxylic acids is 1. The van der Waals surface area contributed by atoms with Crippen LogP contribution in [0, 0.1) is 13.8 Å². The molecule has 0 saturated carbocycles. The maximum Gasteiger partial charge on any atom is 0.277 e. The van der Waals surface area contributed by atoms with Crippen LogP contribution in [-0.4, -0.2) is 24.9 Å². The standard InChI is InChI=1S/C10H14F2N2OS.ClH/c1-6-3-8(16-7(6)2)9(15)14-5-10(11,12)4-13;/h3H,4-5,13H2,1-2H3,(H,14,15);1H. The zero-order valence-electron chi connectivity index (χ0n) is 9.55. The van der Waals surface area contributed by atoms with Crippen molar-refractivity contribution in [1.29, 1.82) is 0 Å². The minimum Gasteiger partial charge on any atom is -0.345 e. The zero-order valence-corrected chi connectivity index (χ0v) is 11.2. The lowest BCUT2D eigenvalue weighted by atomic mass is 10.2. The summed E-state index contributed by atoms with van der Waals surface area (Å²) in [4.78, 5) is 13.0. The Morgan fingerprint density at radius 1 is 1.53 bits per heavy atom. The molecule has 0 unspecified atom stereocenters. The molecule has 3 N–H and O–H groups in total. The molecule has 0 saturated heterocycles. The van der Waals surface area contributed by atoms with Crippen molar-refractivity contribution >= 4 is 29.7 Å². The van der Waals surface area contributed by atoms with Gasteiger partial charge in [-0.15, -0.1) is 23.7 Å². The molecule has 0 aromatic carbocycles. The quantitative estimate of drug-likeness (QED) is 0.890. The number of nitrogens with one attached hydrogen (secondary N) is 1. The normalized spacial score (nSPS) is 10.9. The molecular formula is C10H15ClF2N2OS. The maximum absolute atomic E-state index is 12.8. The molecule has 0 spiro atoms. The SMILES string of the molecule is Cc1cc(C(=O)NCC(F)(F)CN)sc1C.Cl. The molecule has 0 aliphatic carbocycles. The zero-order chi connectivity index (χ0) is 12.3. The summed E-state index contributed by atoms with van der Waals surface area (Å²) in [6, 6.07) is 1.69. The number of rotatable bonds is 4. The number of thiophene rings is 1. The number of amides is 1. The fraction of sp³-hybridized carbons (Fsp3) is 0.500. The Hall–Kier alpha value is -0.720. The minimum absolute atomic E-state index is 0. The van der Waals surface area contributed by atoms with Crippen LogP contribution in [0.25, 0.3) is 0 Å². The van der Waals surface area contributed by atoms with Crippen LogP contribution in [0.1, 0.15) is 20.1 Å². The number of halogens is 3. The van der Waals surface area contributed by atoms with Crippen molar-refractivity contribution < 1.29 is 13.6 Å². The molecule has 1 aromatic rings. The minimum atomic E-state index is -3.04. The van der Waals surface area contributed by atoms with Crippen molar-refractivity contribution in [3.63, 3.8) is 0 Å².